The summed E-state index contributed by atoms with van der Waals surface area (Å²) < 4.78 is 10.1. The second-order valence-corrected chi connectivity index (χ2v) is 3.33. The van der Waals surface area contributed by atoms with Crippen LogP contribution in [0.15, 0.2) is 0 Å². The Morgan fingerprint density at radius 1 is 1.71 bits per heavy atom. The fraction of sp³-hybridized carbons (Fsp3) is 0.889. The van der Waals surface area contributed by atoms with Gasteiger partial charge in [0.05, 0.1) is 19.3 Å². The minimum atomic E-state index is 0.0340. The molecule has 14 heavy (non-hydrogen) atoms. The summed E-state index contributed by atoms with van der Waals surface area (Å²) in [5.41, 5.74) is 5.47. The molecular formula is C9H18N2O3. The van der Waals surface area contributed by atoms with Crippen molar-refractivity contribution in [1.82, 2.24) is 4.90 Å². The molecule has 0 aromatic rings. The van der Waals surface area contributed by atoms with Crippen LogP contribution in [0.25, 0.3) is 0 Å². The Bertz CT molecular complexity index is 185. The van der Waals surface area contributed by atoms with Crippen molar-refractivity contribution in [2.75, 3.05) is 40.0 Å². The van der Waals surface area contributed by atoms with Crippen LogP contribution in [-0.4, -0.2) is 56.9 Å². The van der Waals surface area contributed by atoms with Crippen molar-refractivity contribution in [3.63, 3.8) is 0 Å². The number of carbonyl (C=O) groups excluding carboxylic acids is 1. The summed E-state index contributed by atoms with van der Waals surface area (Å²) in [4.78, 5) is 13.3. The topological polar surface area (TPSA) is 64.8 Å². The first-order chi connectivity index (χ1) is 6.79. The van der Waals surface area contributed by atoms with Crippen molar-refractivity contribution in [2.24, 2.45) is 5.73 Å². The molecule has 0 bridgehead atoms. The van der Waals surface area contributed by atoms with Gasteiger partial charge in [-0.25, -0.2) is 0 Å². The zero-order valence-corrected chi connectivity index (χ0v) is 8.57. The molecule has 1 unspecified atom stereocenters. The highest BCUT2D eigenvalue weighted by atomic mass is 16.5. The first-order valence-corrected chi connectivity index (χ1v) is 4.85. The van der Waals surface area contributed by atoms with E-state index in [1.807, 2.05) is 0 Å². The molecule has 0 aromatic heterocycles. The maximum absolute atomic E-state index is 11.5. The van der Waals surface area contributed by atoms with E-state index in [0.717, 1.165) is 6.42 Å². The molecular weight excluding hydrogens is 184 g/mol. The normalized spacial score (nSPS) is 22.9. The van der Waals surface area contributed by atoms with Crippen LogP contribution in [-0.2, 0) is 14.3 Å². The summed E-state index contributed by atoms with van der Waals surface area (Å²) in [6, 6.07) is 0.122. The number of nitrogens with two attached hydrogens (primary N) is 1. The maximum Gasteiger partial charge on any atom is 0.248 e. The van der Waals surface area contributed by atoms with Crippen LogP contribution in [0, 0.1) is 0 Å². The quantitative estimate of drug-likeness (QED) is 0.634. The Kier molecular flexibility index (Phi) is 4.86. The average Bonchev–Trinajstić information content (AvgIpc) is 2.18. The predicted octanol–water partition coefficient (Wildman–Crippen LogP) is -0.791. The van der Waals surface area contributed by atoms with Gasteiger partial charge in [-0.3, -0.25) is 4.79 Å². The van der Waals surface area contributed by atoms with Crippen molar-refractivity contribution in [3.05, 3.63) is 0 Å². The van der Waals surface area contributed by atoms with Crippen molar-refractivity contribution in [2.45, 2.75) is 12.5 Å². The van der Waals surface area contributed by atoms with Gasteiger partial charge in [0, 0.05) is 13.7 Å². The Morgan fingerprint density at radius 3 is 3.14 bits per heavy atom. The lowest BCUT2D eigenvalue weighted by Gasteiger charge is -2.35. The molecule has 82 valence electrons. The van der Waals surface area contributed by atoms with Gasteiger partial charge in [-0.15, -0.1) is 0 Å². The van der Waals surface area contributed by atoms with E-state index in [4.69, 9.17) is 15.2 Å². The molecule has 0 aromatic carbocycles. The zero-order chi connectivity index (χ0) is 10.4. The highest BCUT2D eigenvalue weighted by Gasteiger charge is 2.27. The predicted molar refractivity (Wildman–Crippen MR) is 51.9 cm³/mol. The number of carbonyl (C=O) groups is 1. The number of hydrogen-bond donors (Lipinski definition) is 1. The third-order valence-corrected chi connectivity index (χ3v) is 2.33. The molecule has 1 heterocycles. The average molecular weight is 202 g/mol. The Labute approximate surface area is 84.1 Å². The minimum absolute atomic E-state index is 0.0340. The molecule has 5 nitrogen and oxygen atoms in total. The van der Waals surface area contributed by atoms with E-state index in [0.29, 0.717) is 26.3 Å². The van der Waals surface area contributed by atoms with Crippen molar-refractivity contribution < 1.29 is 14.3 Å². The number of nitrogens with zero attached hydrogens (tertiary/aromatic N) is 1. The monoisotopic (exact) mass is 202 g/mol. The van der Waals surface area contributed by atoms with E-state index in [2.05, 4.69) is 0 Å². The lowest BCUT2D eigenvalue weighted by molar-refractivity contribution is -0.149. The molecule has 1 fully saturated rings. The highest BCUT2D eigenvalue weighted by Crippen LogP contribution is 2.10. The molecule has 1 aliphatic heterocycles. The second kappa shape index (κ2) is 5.95. The van der Waals surface area contributed by atoms with Crippen LogP contribution in [0.1, 0.15) is 6.42 Å². The molecule has 0 spiro atoms. The summed E-state index contributed by atoms with van der Waals surface area (Å²) in [5.74, 6) is 0.0340. The highest BCUT2D eigenvalue weighted by molar-refractivity contribution is 5.78. The number of ether oxygens (including phenoxy) is 2. The van der Waals surface area contributed by atoms with Crippen LogP contribution in [0.2, 0.25) is 0 Å². The summed E-state index contributed by atoms with van der Waals surface area (Å²) in [5, 5.41) is 0. The van der Waals surface area contributed by atoms with Gasteiger partial charge in [-0.2, -0.15) is 0 Å². The number of amides is 1. The first kappa shape index (κ1) is 11.4. The third kappa shape index (κ3) is 2.94. The molecule has 1 aliphatic rings. The van der Waals surface area contributed by atoms with E-state index in [-0.39, 0.29) is 18.6 Å². The van der Waals surface area contributed by atoms with Gasteiger partial charge in [0.25, 0.3) is 0 Å². The standard InChI is InChI=1S/C9H18N2O3/c1-13-5-4-11-8(2-3-10)6-14-7-9(11)12/h8H,2-7,10H2,1H3. The van der Waals surface area contributed by atoms with Crippen molar-refractivity contribution in [3.8, 4) is 0 Å². The molecule has 0 saturated carbocycles. The molecule has 1 saturated heterocycles. The van der Waals surface area contributed by atoms with E-state index in [1.54, 1.807) is 12.0 Å². The van der Waals surface area contributed by atoms with Crippen LogP contribution in [0.4, 0.5) is 0 Å². The Balaban J connectivity index is 2.47. The van der Waals surface area contributed by atoms with Gasteiger partial charge < -0.3 is 20.1 Å². The van der Waals surface area contributed by atoms with Gasteiger partial charge in [-0.1, -0.05) is 0 Å². The lowest BCUT2D eigenvalue weighted by atomic mass is 10.1. The van der Waals surface area contributed by atoms with Crippen LogP contribution in [0.5, 0.6) is 0 Å². The fourth-order valence-electron chi connectivity index (χ4n) is 1.59. The SMILES string of the molecule is COCCN1C(=O)COCC1CCN. The summed E-state index contributed by atoms with van der Waals surface area (Å²) >= 11 is 0. The van der Waals surface area contributed by atoms with Gasteiger partial charge >= 0.3 is 0 Å². The Hall–Kier alpha value is -0.650. The van der Waals surface area contributed by atoms with Crippen LogP contribution in [0.3, 0.4) is 0 Å². The van der Waals surface area contributed by atoms with E-state index < -0.39 is 0 Å². The van der Waals surface area contributed by atoms with Crippen LogP contribution >= 0.6 is 0 Å². The number of rotatable bonds is 5. The zero-order valence-electron chi connectivity index (χ0n) is 8.57. The molecule has 0 aliphatic carbocycles. The summed E-state index contributed by atoms with van der Waals surface area (Å²) in [6.45, 7) is 2.54. The summed E-state index contributed by atoms with van der Waals surface area (Å²) in [6.07, 6.45) is 0.787. The molecule has 1 rings (SSSR count). The largest absolute Gasteiger partial charge is 0.383 e. The van der Waals surface area contributed by atoms with Gasteiger partial charge in [0.2, 0.25) is 5.91 Å². The van der Waals surface area contributed by atoms with Gasteiger partial charge in [0.15, 0.2) is 0 Å². The van der Waals surface area contributed by atoms with E-state index in [1.165, 1.54) is 0 Å². The lowest BCUT2D eigenvalue weighted by Crippen LogP contribution is -2.51. The van der Waals surface area contributed by atoms with Gasteiger partial charge in [0.1, 0.15) is 6.61 Å². The molecule has 1 atom stereocenters. The van der Waals surface area contributed by atoms with Crippen LogP contribution < -0.4 is 5.73 Å². The molecule has 0 radical (unpaired) electrons. The maximum atomic E-state index is 11.5. The number of morpholine rings is 1. The van der Waals surface area contributed by atoms with E-state index >= 15 is 0 Å². The smallest absolute Gasteiger partial charge is 0.248 e. The van der Waals surface area contributed by atoms with E-state index in [9.17, 15) is 4.79 Å². The number of methoxy groups -OCH3 is 1. The fourth-order valence-corrected chi connectivity index (χ4v) is 1.59. The molecule has 2 N–H and O–H groups in total. The van der Waals surface area contributed by atoms with Crippen molar-refractivity contribution >= 4 is 5.91 Å². The Morgan fingerprint density at radius 2 is 2.50 bits per heavy atom. The summed E-state index contributed by atoms with van der Waals surface area (Å²) in [7, 11) is 1.63. The van der Waals surface area contributed by atoms with Gasteiger partial charge in [-0.05, 0) is 13.0 Å². The molecule has 1 amide bonds. The minimum Gasteiger partial charge on any atom is -0.383 e. The first-order valence-electron chi connectivity index (χ1n) is 4.85. The van der Waals surface area contributed by atoms with Crippen molar-refractivity contribution in [1.29, 1.82) is 0 Å². The second-order valence-electron chi connectivity index (χ2n) is 3.33. The third-order valence-electron chi connectivity index (χ3n) is 2.33. The molecule has 5 heteroatoms. The number of hydrogen-bond acceptors (Lipinski definition) is 4.